The predicted molar refractivity (Wildman–Crippen MR) is 120 cm³/mol. The summed E-state index contributed by atoms with van der Waals surface area (Å²) >= 11 is 7.44. The van der Waals surface area contributed by atoms with Crippen LogP contribution in [0.2, 0.25) is 5.02 Å². The van der Waals surface area contributed by atoms with Crippen molar-refractivity contribution in [2.75, 3.05) is 19.1 Å². The number of nitrogens with zero attached hydrogens (tertiary/aromatic N) is 1. The lowest BCUT2D eigenvalue weighted by atomic mass is 9.99. The molecule has 0 spiro atoms. The number of thiophene rings is 1. The van der Waals surface area contributed by atoms with Crippen molar-refractivity contribution in [1.29, 1.82) is 0 Å². The Kier molecular flexibility index (Phi) is 6.09. The molecule has 1 fully saturated rings. The highest BCUT2D eigenvalue weighted by Gasteiger charge is 2.47. The van der Waals surface area contributed by atoms with E-state index < -0.39 is 35.1 Å². The Labute approximate surface area is 196 Å². The molecule has 3 aromatic rings. The fourth-order valence-corrected chi connectivity index (χ4v) is 4.70. The van der Waals surface area contributed by atoms with Crippen molar-refractivity contribution in [2.24, 2.45) is 0 Å². The molecule has 0 aliphatic carbocycles. The minimum absolute atomic E-state index is 0.0341. The second-order valence-corrected chi connectivity index (χ2v) is 8.36. The van der Waals surface area contributed by atoms with Gasteiger partial charge in [0.05, 0.1) is 30.4 Å². The average molecular weight is 492 g/mol. The number of aliphatic hydroxyl groups is 1. The molecule has 10 heteroatoms. The van der Waals surface area contributed by atoms with E-state index in [0.717, 1.165) is 17.0 Å². The Morgan fingerprint density at radius 2 is 1.79 bits per heavy atom. The van der Waals surface area contributed by atoms with Crippen LogP contribution in [0, 0.1) is 11.6 Å². The van der Waals surface area contributed by atoms with Gasteiger partial charge in [0.2, 0.25) is 0 Å². The van der Waals surface area contributed by atoms with Crippen LogP contribution in [0.3, 0.4) is 0 Å². The Balaban J connectivity index is 1.96. The average Bonchev–Trinajstić information content (AvgIpc) is 3.42. The van der Waals surface area contributed by atoms with Gasteiger partial charge in [-0.2, -0.15) is 0 Å². The lowest BCUT2D eigenvalue weighted by Crippen LogP contribution is -2.29. The standard InChI is InChI=1S/C23H16ClF2NO5S/c1-31-16-10-17(32-2)13(24)9-12(16)21(28)19-20(18-4-3-7-33-18)27(23(30)22(19)29)11-5-6-14(25)15(26)8-11/h3-10,20,28H,1-2H3/b21-19-. The van der Waals surface area contributed by atoms with E-state index in [1.165, 1.54) is 43.8 Å². The fourth-order valence-electron chi connectivity index (χ4n) is 3.64. The first kappa shape index (κ1) is 22.8. The molecular weight excluding hydrogens is 476 g/mol. The second-order valence-electron chi connectivity index (χ2n) is 6.97. The minimum Gasteiger partial charge on any atom is -0.507 e. The first-order chi connectivity index (χ1) is 15.8. The highest BCUT2D eigenvalue weighted by atomic mass is 35.5. The smallest absolute Gasteiger partial charge is 0.300 e. The van der Waals surface area contributed by atoms with Gasteiger partial charge in [-0.25, -0.2) is 8.78 Å². The van der Waals surface area contributed by atoms with Crippen molar-refractivity contribution < 1.29 is 33.0 Å². The van der Waals surface area contributed by atoms with Gasteiger partial charge in [0.1, 0.15) is 23.3 Å². The van der Waals surface area contributed by atoms with Gasteiger partial charge in [0, 0.05) is 22.7 Å². The molecule has 1 aliphatic heterocycles. The van der Waals surface area contributed by atoms with E-state index in [9.17, 15) is 23.5 Å². The van der Waals surface area contributed by atoms with Crippen molar-refractivity contribution in [1.82, 2.24) is 0 Å². The quantitative estimate of drug-likeness (QED) is 0.297. The van der Waals surface area contributed by atoms with Crippen molar-refractivity contribution >= 4 is 46.1 Å². The number of amides is 1. The van der Waals surface area contributed by atoms with E-state index in [2.05, 4.69) is 0 Å². The van der Waals surface area contributed by atoms with Crippen molar-refractivity contribution in [3.63, 3.8) is 0 Å². The van der Waals surface area contributed by atoms with Gasteiger partial charge in [0.15, 0.2) is 11.6 Å². The molecule has 0 radical (unpaired) electrons. The van der Waals surface area contributed by atoms with Crippen LogP contribution >= 0.6 is 22.9 Å². The van der Waals surface area contributed by atoms with E-state index in [4.69, 9.17) is 21.1 Å². The van der Waals surface area contributed by atoms with Crippen molar-refractivity contribution in [3.8, 4) is 11.5 Å². The lowest BCUT2D eigenvalue weighted by molar-refractivity contribution is -0.132. The Morgan fingerprint density at radius 3 is 2.39 bits per heavy atom. The highest BCUT2D eigenvalue weighted by molar-refractivity contribution is 7.10. The van der Waals surface area contributed by atoms with E-state index in [-0.39, 0.29) is 33.3 Å². The van der Waals surface area contributed by atoms with Crippen molar-refractivity contribution in [3.05, 3.63) is 80.5 Å². The number of carbonyl (C=O) groups is 2. The zero-order valence-electron chi connectivity index (χ0n) is 17.3. The largest absolute Gasteiger partial charge is 0.507 e. The molecule has 1 aromatic heterocycles. The number of carbonyl (C=O) groups excluding carboxylic acids is 2. The molecule has 170 valence electrons. The van der Waals surface area contributed by atoms with Crippen LogP contribution < -0.4 is 14.4 Å². The van der Waals surface area contributed by atoms with Crippen LogP contribution in [0.1, 0.15) is 16.5 Å². The van der Waals surface area contributed by atoms with Crippen LogP contribution in [-0.2, 0) is 9.59 Å². The summed E-state index contributed by atoms with van der Waals surface area (Å²) < 4.78 is 38.0. The topological polar surface area (TPSA) is 76.1 Å². The van der Waals surface area contributed by atoms with Crippen molar-refractivity contribution in [2.45, 2.75) is 6.04 Å². The molecule has 0 bridgehead atoms. The summed E-state index contributed by atoms with van der Waals surface area (Å²) in [5, 5.41) is 13.1. The monoisotopic (exact) mass is 491 g/mol. The Hall–Kier alpha value is -3.43. The van der Waals surface area contributed by atoms with Gasteiger partial charge in [-0.1, -0.05) is 17.7 Å². The summed E-state index contributed by atoms with van der Waals surface area (Å²) in [5.41, 5.74) is -0.215. The number of hydrogen-bond acceptors (Lipinski definition) is 6. The summed E-state index contributed by atoms with van der Waals surface area (Å²) in [5.74, 6) is -4.37. The normalized spacial score (nSPS) is 17.5. The van der Waals surface area contributed by atoms with Gasteiger partial charge >= 0.3 is 0 Å². The molecule has 1 saturated heterocycles. The molecule has 2 heterocycles. The first-order valence-electron chi connectivity index (χ1n) is 9.49. The van der Waals surface area contributed by atoms with E-state index in [1.807, 2.05) is 0 Å². The number of ether oxygens (including phenoxy) is 2. The summed E-state index contributed by atoms with van der Waals surface area (Å²) in [6.45, 7) is 0. The summed E-state index contributed by atoms with van der Waals surface area (Å²) in [7, 11) is 2.76. The molecule has 2 aromatic carbocycles. The molecule has 1 amide bonds. The number of ketones is 1. The van der Waals surface area contributed by atoms with E-state index in [1.54, 1.807) is 17.5 Å². The van der Waals surface area contributed by atoms with Crippen LogP contribution in [0.25, 0.3) is 5.76 Å². The molecule has 1 N–H and O–H groups in total. The number of methoxy groups -OCH3 is 2. The summed E-state index contributed by atoms with van der Waals surface area (Å²) in [6, 6.07) is 7.95. The van der Waals surface area contributed by atoms with Gasteiger partial charge in [0.25, 0.3) is 11.7 Å². The SMILES string of the molecule is COc1cc(OC)c(/C(O)=C2/C(=O)C(=O)N(c3ccc(F)c(F)c3)C2c2cccs2)cc1Cl. The lowest BCUT2D eigenvalue weighted by Gasteiger charge is -2.24. The number of halogens is 3. The molecule has 33 heavy (non-hydrogen) atoms. The zero-order valence-corrected chi connectivity index (χ0v) is 18.8. The molecule has 1 atom stereocenters. The van der Waals surface area contributed by atoms with Gasteiger partial charge in [-0.15, -0.1) is 11.3 Å². The van der Waals surface area contributed by atoms with Crippen LogP contribution in [0.15, 0.2) is 53.4 Å². The number of benzene rings is 2. The summed E-state index contributed by atoms with van der Waals surface area (Å²) in [6.07, 6.45) is 0. The predicted octanol–water partition coefficient (Wildman–Crippen LogP) is 5.32. The Morgan fingerprint density at radius 1 is 1.06 bits per heavy atom. The minimum atomic E-state index is -1.18. The third kappa shape index (κ3) is 3.83. The fraction of sp³-hybridized carbons (Fsp3) is 0.130. The number of hydrogen-bond donors (Lipinski definition) is 1. The Bertz CT molecular complexity index is 1290. The third-order valence-electron chi connectivity index (χ3n) is 5.17. The first-order valence-corrected chi connectivity index (χ1v) is 10.8. The number of aliphatic hydroxyl groups excluding tert-OH is 1. The van der Waals surface area contributed by atoms with Crippen LogP contribution in [0.5, 0.6) is 11.5 Å². The number of anilines is 1. The summed E-state index contributed by atoms with van der Waals surface area (Å²) in [4.78, 5) is 27.7. The highest BCUT2D eigenvalue weighted by Crippen LogP contribution is 2.45. The molecule has 1 unspecified atom stereocenters. The van der Waals surface area contributed by atoms with Crippen LogP contribution in [0.4, 0.5) is 14.5 Å². The zero-order chi connectivity index (χ0) is 23.9. The molecule has 4 rings (SSSR count). The maximum absolute atomic E-state index is 14.0. The third-order valence-corrected chi connectivity index (χ3v) is 6.39. The maximum atomic E-state index is 14.0. The molecule has 1 aliphatic rings. The maximum Gasteiger partial charge on any atom is 0.300 e. The van der Waals surface area contributed by atoms with Gasteiger partial charge in [-0.3, -0.25) is 14.5 Å². The van der Waals surface area contributed by atoms with Gasteiger partial charge < -0.3 is 14.6 Å². The van der Waals surface area contributed by atoms with Crippen LogP contribution in [-0.4, -0.2) is 31.0 Å². The van der Waals surface area contributed by atoms with E-state index >= 15 is 0 Å². The number of Topliss-reactive ketones (excluding diaryl/α,β-unsaturated/α-hetero) is 1. The number of rotatable bonds is 5. The molecule has 6 nitrogen and oxygen atoms in total. The molecule has 0 saturated carbocycles. The van der Waals surface area contributed by atoms with Gasteiger partial charge in [-0.05, 0) is 29.6 Å². The van der Waals surface area contributed by atoms with E-state index in [0.29, 0.717) is 4.88 Å². The second kappa shape index (κ2) is 8.84. The molecular formula is C23H16ClF2NO5S.